The number of rotatable bonds is 3. The summed E-state index contributed by atoms with van der Waals surface area (Å²) in [6.45, 7) is 0. The van der Waals surface area contributed by atoms with E-state index in [-0.39, 0.29) is 5.56 Å². The van der Waals surface area contributed by atoms with Gasteiger partial charge in [0.05, 0.1) is 17.3 Å². The molecule has 1 atom stereocenters. The van der Waals surface area contributed by atoms with Crippen molar-refractivity contribution < 1.29 is 17.6 Å². The molecule has 1 heterocycles. The molecule has 0 saturated carbocycles. The van der Waals surface area contributed by atoms with Gasteiger partial charge in [-0.1, -0.05) is 6.07 Å². The first-order valence-electron chi connectivity index (χ1n) is 5.73. The van der Waals surface area contributed by atoms with Crippen LogP contribution in [-0.4, -0.2) is 17.0 Å². The number of benzene rings is 1. The first-order valence-corrected chi connectivity index (χ1v) is 5.73. The standard InChI is InChI=1S/C13H11F4N3/c1-18-12(11-4-5-19-7-20-11)8-2-3-10(14)9(6-8)13(15,16)17/h2-7,12,18H,1H3. The van der Waals surface area contributed by atoms with Crippen LogP contribution in [0, 0.1) is 5.82 Å². The number of alkyl halides is 3. The van der Waals surface area contributed by atoms with Crippen LogP contribution in [0.5, 0.6) is 0 Å². The van der Waals surface area contributed by atoms with Crippen molar-refractivity contribution in [2.75, 3.05) is 7.05 Å². The van der Waals surface area contributed by atoms with Gasteiger partial charge >= 0.3 is 6.18 Å². The van der Waals surface area contributed by atoms with Crippen LogP contribution in [0.2, 0.25) is 0 Å². The van der Waals surface area contributed by atoms with Gasteiger partial charge in [-0.05, 0) is 30.8 Å². The van der Waals surface area contributed by atoms with E-state index < -0.39 is 23.6 Å². The third-order valence-electron chi connectivity index (χ3n) is 2.82. The molecule has 7 heteroatoms. The van der Waals surface area contributed by atoms with E-state index in [0.29, 0.717) is 5.69 Å². The first-order chi connectivity index (χ1) is 9.43. The summed E-state index contributed by atoms with van der Waals surface area (Å²) in [6.07, 6.45) is -1.95. The van der Waals surface area contributed by atoms with Crippen molar-refractivity contribution >= 4 is 0 Å². The molecule has 0 aliphatic rings. The van der Waals surface area contributed by atoms with Crippen LogP contribution in [0.1, 0.15) is 22.9 Å². The zero-order valence-corrected chi connectivity index (χ0v) is 10.4. The molecule has 106 valence electrons. The highest BCUT2D eigenvalue weighted by Gasteiger charge is 2.34. The Bertz CT molecular complexity index is 584. The fraction of sp³-hybridized carbons (Fsp3) is 0.231. The molecule has 0 amide bonds. The van der Waals surface area contributed by atoms with E-state index in [1.165, 1.54) is 18.6 Å². The van der Waals surface area contributed by atoms with E-state index in [9.17, 15) is 17.6 Å². The van der Waals surface area contributed by atoms with Crippen LogP contribution < -0.4 is 5.32 Å². The number of nitrogens with one attached hydrogen (secondary N) is 1. The highest BCUT2D eigenvalue weighted by Crippen LogP contribution is 2.33. The van der Waals surface area contributed by atoms with E-state index in [4.69, 9.17) is 0 Å². The lowest BCUT2D eigenvalue weighted by molar-refractivity contribution is -0.140. The lowest BCUT2D eigenvalue weighted by atomic mass is 10.0. The van der Waals surface area contributed by atoms with Crippen LogP contribution in [0.25, 0.3) is 0 Å². The fourth-order valence-corrected chi connectivity index (χ4v) is 1.90. The number of nitrogens with zero attached hydrogens (tertiary/aromatic N) is 2. The summed E-state index contributed by atoms with van der Waals surface area (Å²) in [5.41, 5.74) is -0.508. The quantitative estimate of drug-likeness (QED) is 0.881. The second kappa shape index (κ2) is 5.54. The van der Waals surface area contributed by atoms with Crippen LogP contribution in [-0.2, 0) is 6.18 Å². The Morgan fingerprint density at radius 3 is 2.50 bits per heavy atom. The van der Waals surface area contributed by atoms with Crippen molar-refractivity contribution in [2.24, 2.45) is 0 Å². The van der Waals surface area contributed by atoms with Gasteiger partial charge in [0.15, 0.2) is 0 Å². The van der Waals surface area contributed by atoms with E-state index in [1.54, 1.807) is 13.1 Å². The maximum absolute atomic E-state index is 13.3. The number of halogens is 4. The fourth-order valence-electron chi connectivity index (χ4n) is 1.90. The Hall–Kier alpha value is -2.02. The summed E-state index contributed by atoms with van der Waals surface area (Å²) in [4.78, 5) is 7.74. The third kappa shape index (κ3) is 2.93. The molecule has 1 aromatic heterocycles. The maximum Gasteiger partial charge on any atom is 0.419 e. The van der Waals surface area contributed by atoms with E-state index in [2.05, 4.69) is 15.3 Å². The Labute approximate surface area is 112 Å². The van der Waals surface area contributed by atoms with Gasteiger partial charge in [-0.25, -0.2) is 14.4 Å². The molecule has 1 N–H and O–H groups in total. The molecule has 20 heavy (non-hydrogen) atoms. The lowest BCUT2D eigenvalue weighted by Gasteiger charge is -2.18. The van der Waals surface area contributed by atoms with Crippen molar-refractivity contribution in [1.82, 2.24) is 15.3 Å². The van der Waals surface area contributed by atoms with Crippen LogP contribution in [0.15, 0.2) is 36.8 Å². The van der Waals surface area contributed by atoms with Crippen LogP contribution in [0.3, 0.4) is 0 Å². The van der Waals surface area contributed by atoms with E-state index in [0.717, 1.165) is 12.1 Å². The molecule has 2 rings (SSSR count). The molecule has 0 saturated heterocycles. The zero-order valence-electron chi connectivity index (χ0n) is 10.4. The Balaban J connectivity index is 2.46. The Morgan fingerprint density at radius 2 is 1.95 bits per heavy atom. The maximum atomic E-state index is 13.3. The normalized spacial score (nSPS) is 13.2. The van der Waals surface area contributed by atoms with Crippen molar-refractivity contribution in [1.29, 1.82) is 0 Å². The smallest absolute Gasteiger partial charge is 0.308 e. The molecule has 2 aromatic rings. The van der Waals surface area contributed by atoms with Gasteiger partial charge in [-0.2, -0.15) is 13.2 Å². The van der Waals surface area contributed by atoms with Gasteiger partial charge in [0.2, 0.25) is 0 Å². The average molecular weight is 285 g/mol. The average Bonchev–Trinajstić information content (AvgIpc) is 2.41. The molecule has 0 spiro atoms. The molecule has 0 aliphatic carbocycles. The van der Waals surface area contributed by atoms with E-state index in [1.807, 2.05) is 0 Å². The summed E-state index contributed by atoms with van der Waals surface area (Å²) in [6, 6.07) is 3.91. The highest BCUT2D eigenvalue weighted by molar-refractivity contribution is 5.33. The molecule has 0 fully saturated rings. The predicted molar refractivity (Wildman–Crippen MR) is 64.3 cm³/mol. The van der Waals surface area contributed by atoms with Crippen molar-refractivity contribution in [3.63, 3.8) is 0 Å². The van der Waals surface area contributed by atoms with Crippen molar-refractivity contribution in [2.45, 2.75) is 12.2 Å². The molecular formula is C13H11F4N3. The second-order valence-corrected chi connectivity index (χ2v) is 4.09. The van der Waals surface area contributed by atoms with Gasteiger partial charge in [0, 0.05) is 6.20 Å². The van der Waals surface area contributed by atoms with E-state index >= 15 is 0 Å². The van der Waals surface area contributed by atoms with Gasteiger partial charge in [0.1, 0.15) is 12.1 Å². The number of hydrogen-bond donors (Lipinski definition) is 1. The topological polar surface area (TPSA) is 37.8 Å². The minimum atomic E-state index is -4.73. The minimum Gasteiger partial charge on any atom is -0.308 e. The summed E-state index contributed by atoms with van der Waals surface area (Å²) < 4.78 is 51.4. The number of hydrogen-bond acceptors (Lipinski definition) is 3. The summed E-state index contributed by atoms with van der Waals surface area (Å²) in [7, 11) is 1.59. The van der Waals surface area contributed by atoms with Gasteiger partial charge < -0.3 is 5.32 Å². The van der Waals surface area contributed by atoms with Crippen LogP contribution >= 0.6 is 0 Å². The second-order valence-electron chi connectivity index (χ2n) is 4.09. The molecular weight excluding hydrogens is 274 g/mol. The zero-order chi connectivity index (χ0) is 14.8. The van der Waals surface area contributed by atoms with Gasteiger partial charge in [0.25, 0.3) is 0 Å². The molecule has 1 unspecified atom stereocenters. The van der Waals surface area contributed by atoms with Crippen molar-refractivity contribution in [3.05, 3.63) is 59.4 Å². The molecule has 0 radical (unpaired) electrons. The summed E-state index contributed by atoms with van der Waals surface area (Å²) >= 11 is 0. The molecule has 3 nitrogen and oxygen atoms in total. The molecule has 0 aliphatic heterocycles. The first kappa shape index (κ1) is 14.4. The SMILES string of the molecule is CNC(c1ccc(F)c(C(F)(F)F)c1)c1ccncn1. The Morgan fingerprint density at radius 1 is 1.20 bits per heavy atom. The summed E-state index contributed by atoms with van der Waals surface area (Å²) in [5.74, 6) is -1.29. The van der Waals surface area contributed by atoms with Gasteiger partial charge in [-0.3, -0.25) is 0 Å². The lowest BCUT2D eigenvalue weighted by Crippen LogP contribution is -2.20. The van der Waals surface area contributed by atoms with Gasteiger partial charge in [-0.15, -0.1) is 0 Å². The summed E-state index contributed by atoms with van der Waals surface area (Å²) in [5, 5.41) is 2.85. The largest absolute Gasteiger partial charge is 0.419 e. The molecule has 1 aromatic carbocycles. The number of aromatic nitrogens is 2. The van der Waals surface area contributed by atoms with Crippen LogP contribution in [0.4, 0.5) is 17.6 Å². The molecule has 0 bridgehead atoms. The third-order valence-corrected chi connectivity index (χ3v) is 2.82. The van der Waals surface area contributed by atoms with Crippen molar-refractivity contribution in [3.8, 4) is 0 Å². The monoisotopic (exact) mass is 285 g/mol. The predicted octanol–water partition coefficient (Wildman–Crippen LogP) is 2.94. The highest BCUT2D eigenvalue weighted by atomic mass is 19.4. The Kier molecular flexibility index (Phi) is 3.99. The minimum absolute atomic E-state index is 0.278.